The quantitative estimate of drug-likeness (QED) is 0.837. The molecule has 0 radical (unpaired) electrons. The van der Waals surface area contributed by atoms with Crippen LogP contribution >= 0.6 is 0 Å². The van der Waals surface area contributed by atoms with Gasteiger partial charge in [0, 0.05) is 25.4 Å². The SMILES string of the molecule is CCC1(CO)CCN(C(=O)C(=O)Nc2ccc(F)c(C)c2)CC1. The number of nitrogens with one attached hydrogen (secondary N) is 1. The first-order valence-corrected chi connectivity index (χ1v) is 7.88. The fourth-order valence-electron chi connectivity index (χ4n) is 2.86. The Bertz CT molecular complexity index is 590. The number of likely N-dealkylation sites (tertiary alicyclic amines) is 1. The number of benzene rings is 1. The number of carbonyl (C=O) groups excluding carboxylic acids is 2. The minimum absolute atomic E-state index is 0.104. The van der Waals surface area contributed by atoms with Gasteiger partial charge in [0.05, 0.1) is 0 Å². The van der Waals surface area contributed by atoms with Crippen LogP contribution in [0.5, 0.6) is 0 Å². The molecular formula is C17H23FN2O3. The molecule has 5 nitrogen and oxygen atoms in total. The summed E-state index contributed by atoms with van der Waals surface area (Å²) in [5.74, 6) is -1.66. The molecule has 1 saturated heterocycles. The lowest BCUT2D eigenvalue weighted by Crippen LogP contribution is -2.48. The van der Waals surface area contributed by atoms with E-state index in [9.17, 15) is 19.1 Å². The second-order valence-corrected chi connectivity index (χ2v) is 6.22. The van der Waals surface area contributed by atoms with E-state index in [1.165, 1.54) is 23.1 Å². The molecule has 1 aliphatic heterocycles. The summed E-state index contributed by atoms with van der Waals surface area (Å²) >= 11 is 0. The molecule has 1 fully saturated rings. The van der Waals surface area contributed by atoms with Crippen molar-refractivity contribution in [3.8, 4) is 0 Å². The van der Waals surface area contributed by atoms with Crippen LogP contribution in [0.15, 0.2) is 18.2 Å². The first kappa shape index (κ1) is 17.4. The zero-order valence-electron chi connectivity index (χ0n) is 13.6. The maximum absolute atomic E-state index is 13.2. The number of halogens is 1. The summed E-state index contributed by atoms with van der Waals surface area (Å²) in [6.07, 6.45) is 2.23. The topological polar surface area (TPSA) is 69.6 Å². The molecule has 2 amide bonds. The van der Waals surface area contributed by atoms with E-state index in [0.717, 1.165) is 6.42 Å². The number of anilines is 1. The van der Waals surface area contributed by atoms with E-state index in [1.54, 1.807) is 6.92 Å². The lowest BCUT2D eigenvalue weighted by atomic mass is 9.77. The Balaban J connectivity index is 1.95. The van der Waals surface area contributed by atoms with E-state index in [1.807, 2.05) is 6.92 Å². The molecule has 126 valence electrons. The van der Waals surface area contributed by atoms with Crippen LogP contribution in [0.25, 0.3) is 0 Å². The molecule has 23 heavy (non-hydrogen) atoms. The minimum atomic E-state index is -0.719. The van der Waals surface area contributed by atoms with Gasteiger partial charge >= 0.3 is 11.8 Å². The average molecular weight is 322 g/mol. The first-order chi connectivity index (χ1) is 10.9. The molecule has 1 heterocycles. The Morgan fingerprint density at radius 1 is 1.35 bits per heavy atom. The Labute approximate surface area is 135 Å². The van der Waals surface area contributed by atoms with Gasteiger partial charge in [0.15, 0.2) is 0 Å². The van der Waals surface area contributed by atoms with Crippen molar-refractivity contribution in [2.24, 2.45) is 5.41 Å². The van der Waals surface area contributed by atoms with E-state index >= 15 is 0 Å². The molecule has 1 aromatic rings. The smallest absolute Gasteiger partial charge is 0.313 e. The van der Waals surface area contributed by atoms with Crippen LogP contribution in [0.4, 0.5) is 10.1 Å². The molecule has 2 rings (SSSR count). The number of aliphatic hydroxyl groups excluding tert-OH is 1. The largest absolute Gasteiger partial charge is 0.396 e. The van der Waals surface area contributed by atoms with Crippen LogP contribution in [-0.2, 0) is 9.59 Å². The maximum Gasteiger partial charge on any atom is 0.313 e. The van der Waals surface area contributed by atoms with Crippen molar-refractivity contribution in [3.63, 3.8) is 0 Å². The van der Waals surface area contributed by atoms with Gasteiger partial charge in [0.25, 0.3) is 0 Å². The van der Waals surface area contributed by atoms with Gasteiger partial charge in [-0.05, 0) is 55.4 Å². The number of hydrogen-bond donors (Lipinski definition) is 2. The summed E-state index contributed by atoms with van der Waals surface area (Å²) in [6, 6.07) is 4.18. The number of piperidine rings is 1. The Morgan fingerprint density at radius 3 is 2.52 bits per heavy atom. The van der Waals surface area contributed by atoms with Crippen molar-refractivity contribution in [1.29, 1.82) is 0 Å². The second-order valence-electron chi connectivity index (χ2n) is 6.22. The number of amides is 2. The van der Waals surface area contributed by atoms with Gasteiger partial charge in [-0.15, -0.1) is 0 Å². The number of aryl methyl sites for hydroxylation is 1. The Morgan fingerprint density at radius 2 is 2.00 bits per heavy atom. The standard InChI is InChI=1S/C17H23FN2O3/c1-3-17(11-21)6-8-20(9-7-17)16(23)15(22)19-13-4-5-14(18)12(2)10-13/h4-5,10,21H,3,6-9,11H2,1-2H3,(H,19,22). The highest BCUT2D eigenvalue weighted by molar-refractivity contribution is 6.39. The van der Waals surface area contributed by atoms with E-state index in [0.29, 0.717) is 37.2 Å². The van der Waals surface area contributed by atoms with E-state index in [-0.39, 0.29) is 17.8 Å². The molecule has 0 aromatic heterocycles. The summed E-state index contributed by atoms with van der Waals surface area (Å²) in [5.41, 5.74) is 0.669. The van der Waals surface area contributed by atoms with Crippen molar-refractivity contribution in [2.45, 2.75) is 33.1 Å². The van der Waals surface area contributed by atoms with Crippen molar-refractivity contribution in [2.75, 3.05) is 25.0 Å². The van der Waals surface area contributed by atoms with Gasteiger partial charge < -0.3 is 15.3 Å². The molecule has 6 heteroatoms. The van der Waals surface area contributed by atoms with Crippen molar-refractivity contribution in [3.05, 3.63) is 29.6 Å². The minimum Gasteiger partial charge on any atom is -0.396 e. The Kier molecular flexibility index (Phi) is 5.36. The highest BCUT2D eigenvalue weighted by Crippen LogP contribution is 2.34. The average Bonchev–Trinajstić information content (AvgIpc) is 2.57. The molecule has 0 aliphatic carbocycles. The fourth-order valence-corrected chi connectivity index (χ4v) is 2.86. The van der Waals surface area contributed by atoms with Gasteiger partial charge in [0.2, 0.25) is 0 Å². The predicted octanol–water partition coefficient (Wildman–Crippen LogP) is 2.08. The van der Waals surface area contributed by atoms with Gasteiger partial charge in [-0.2, -0.15) is 0 Å². The van der Waals surface area contributed by atoms with E-state index < -0.39 is 11.8 Å². The molecule has 0 saturated carbocycles. The second kappa shape index (κ2) is 7.08. The third-order valence-corrected chi connectivity index (χ3v) is 4.81. The number of nitrogens with zero attached hydrogens (tertiary/aromatic N) is 1. The molecule has 0 bridgehead atoms. The summed E-state index contributed by atoms with van der Waals surface area (Å²) < 4.78 is 13.2. The third kappa shape index (κ3) is 3.88. The molecule has 1 aliphatic rings. The molecule has 0 unspecified atom stereocenters. The number of carbonyl (C=O) groups is 2. The monoisotopic (exact) mass is 322 g/mol. The van der Waals surface area contributed by atoms with Crippen LogP contribution in [0.3, 0.4) is 0 Å². The lowest BCUT2D eigenvalue weighted by Gasteiger charge is -2.39. The van der Waals surface area contributed by atoms with E-state index in [4.69, 9.17) is 0 Å². The highest BCUT2D eigenvalue weighted by atomic mass is 19.1. The summed E-state index contributed by atoms with van der Waals surface area (Å²) in [5, 5.41) is 12.0. The third-order valence-electron chi connectivity index (χ3n) is 4.81. The van der Waals surface area contributed by atoms with Crippen molar-refractivity contribution < 1.29 is 19.1 Å². The Hall–Kier alpha value is -1.95. The van der Waals surface area contributed by atoms with Crippen molar-refractivity contribution >= 4 is 17.5 Å². The van der Waals surface area contributed by atoms with Crippen LogP contribution in [0, 0.1) is 18.2 Å². The van der Waals surface area contributed by atoms with Gasteiger partial charge in [-0.25, -0.2) is 4.39 Å². The summed E-state index contributed by atoms with van der Waals surface area (Å²) in [6.45, 7) is 4.65. The molecular weight excluding hydrogens is 299 g/mol. The summed E-state index contributed by atoms with van der Waals surface area (Å²) in [4.78, 5) is 25.8. The number of rotatable bonds is 3. The zero-order chi connectivity index (χ0) is 17.0. The molecule has 2 N–H and O–H groups in total. The number of aliphatic hydroxyl groups is 1. The van der Waals surface area contributed by atoms with E-state index in [2.05, 4.69) is 5.32 Å². The van der Waals surface area contributed by atoms with Gasteiger partial charge in [-0.1, -0.05) is 6.92 Å². The molecule has 0 spiro atoms. The highest BCUT2D eigenvalue weighted by Gasteiger charge is 2.35. The molecule has 0 atom stereocenters. The van der Waals surface area contributed by atoms with Crippen LogP contribution in [0.1, 0.15) is 31.7 Å². The summed E-state index contributed by atoms with van der Waals surface area (Å²) in [7, 11) is 0. The molecule has 1 aromatic carbocycles. The fraction of sp³-hybridized carbons (Fsp3) is 0.529. The van der Waals surface area contributed by atoms with Crippen molar-refractivity contribution in [1.82, 2.24) is 4.90 Å². The lowest BCUT2D eigenvalue weighted by molar-refractivity contribution is -0.145. The van der Waals surface area contributed by atoms with Gasteiger partial charge in [-0.3, -0.25) is 9.59 Å². The number of hydrogen-bond acceptors (Lipinski definition) is 3. The normalized spacial score (nSPS) is 17.0. The van der Waals surface area contributed by atoms with Crippen LogP contribution < -0.4 is 5.32 Å². The van der Waals surface area contributed by atoms with Gasteiger partial charge in [0.1, 0.15) is 5.82 Å². The zero-order valence-corrected chi connectivity index (χ0v) is 13.6. The van der Waals surface area contributed by atoms with Crippen LogP contribution in [-0.4, -0.2) is 41.5 Å². The van der Waals surface area contributed by atoms with Crippen LogP contribution in [0.2, 0.25) is 0 Å². The maximum atomic E-state index is 13.2. The predicted molar refractivity (Wildman–Crippen MR) is 85.4 cm³/mol. The first-order valence-electron chi connectivity index (χ1n) is 7.88.